The van der Waals surface area contributed by atoms with Crippen LogP contribution in [0.4, 0.5) is 5.69 Å². The Morgan fingerprint density at radius 1 is 1.40 bits per heavy atom. The molecule has 2 aliphatic heterocycles. The van der Waals surface area contributed by atoms with Gasteiger partial charge in [0.1, 0.15) is 5.75 Å². The van der Waals surface area contributed by atoms with Crippen molar-refractivity contribution in [3.63, 3.8) is 0 Å². The monoisotopic (exact) mass is 275 g/mol. The lowest BCUT2D eigenvalue weighted by Crippen LogP contribution is -2.33. The molecule has 1 aromatic carbocycles. The van der Waals surface area contributed by atoms with Gasteiger partial charge in [0, 0.05) is 24.8 Å². The molecule has 0 radical (unpaired) electrons. The number of likely N-dealkylation sites (tertiary alicyclic amines) is 1. The summed E-state index contributed by atoms with van der Waals surface area (Å²) >= 11 is 0. The molecule has 2 heterocycles. The van der Waals surface area contributed by atoms with Gasteiger partial charge in [-0.05, 0) is 37.1 Å². The van der Waals surface area contributed by atoms with Gasteiger partial charge in [-0.15, -0.1) is 0 Å². The number of carbonyl (C=O) groups excluding carboxylic acids is 1. The van der Waals surface area contributed by atoms with Crippen LogP contribution in [0, 0.1) is 11.8 Å². The van der Waals surface area contributed by atoms with Crippen molar-refractivity contribution in [3.8, 4) is 5.75 Å². The predicted molar refractivity (Wildman–Crippen MR) is 77.9 cm³/mol. The summed E-state index contributed by atoms with van der Waals surface area (Å²) in [5.41, 5.74) is 0.787. The van der Waals surface area contributed by atoms with Crippen LogP contribution in [0.1, 0.15) is 0 Å². The van der Waals surface area contributed by atoms with Crippen molar-refractivity contribution >= 4 is 11.6 Å². The van der Waals surface area contributed by atoms with E-state index in [0.29, 0.717) is 6.54 Å². The Labute approximate surface area is 119 Å². The number of rotatable bonds is 4. The molecule has 20 heavy (non-hydrogen) atoms. The van der Waals surface area contributed by atoms with Crippen LogP contribution >= 0.6 is 0 Å². The largest absolute Gasteiger partial charge is 0.497 e. The number of nitrogens with zero attached hydrogens (tertiary/aromatic N) is 1. The second-order valence-electron chi connectivity index (χ2n) is 5.65. The van der Waals surface area contributed by atoms with Gasteiger partial charge in [0.25, 0.3) is 0 Å². The van der Waals surface area contributed by atoms with Crippen molar-refractivity contribution in [3.05, 3.63) is 24.3 Å². The third-order valence-corrected chi connectivity index (χ3v) is 4.19. The first-order chi connectivity index (χ1) is 9.74. The molecule has 0 aromatic heterocycles. The number of amides is 1. The van der Waals surface area contributed by atoms with Crippen LogP contribution in [0.2, 0.25) is 0 Å². The number of benzene rings is 1. The topological polar surface area (TPSA) is 53.6 Å². The summed E-state index contributed by atoms with van der Waals surface area (Å²) in [7, 11) is 1.62. The van der Waals surface area contributed by atoms with E-state index in [4.69, 9.17) is 4.74 Å². The molecule has 2 atom stereocenters. The van der Waals surface area contributed by atoms with E-state index in [0.717, 1.165) is 49.5 Å². The predicted octanol–water partition coefficient (Wildman–Crippen LogP) is 0.785. The quantitative estimate of drug-likeness (QED) is 0.853. The van der Waals surface area contributed by atoms with Gasteiger partial charge in [-0.3, -0.25) is 9.69 Å². The van der Waals surface area contributed by atoms with Crippen LogP contribution in [0.5, 0.6) is 5.75 Å². The highest BCUT2D eigenvalue weighted by atomic mass is 16.5. The number of carbonyl (C=O) groups is 1. The Balaban J connectivity index is 1.52. The number of anilines is 1. The molecule has 5 nitrogen and oxygen atoms in total. The minimum Gasteiger partial charge on any atom is -0.497 e. The molecular weight excluding hydrogens is 254 g/mol. The van der Waals surface area contributed by atoms with Crippen molar-refractivity contribution in [1.82, 2.24) is 10.2 Å². The summed E-state index contributed by atoms with van der Waals surface area (Å²) in [6.45, 7) is 4.73. The zero-order valence-electron chi connectivity index (χ0n) is 11.8. The molecule has 3 rings (SSSR count). The fourth-order valence-corrected chi connectivity index (χ4v) is 3.19. The van der Waals surface area contributed by atoms with Crippen LogP contribution in [0.3, 0.4) is 0 Å². The fraction of sp³-hybridized carbons (Fsp3) is 0.533. The molecule has 108 valence electrons. The Kier molecular flexibility index (Phi) is 3.89. The van der Waals surface area contributed by atoms with E-state index >= 15 is 0 Å². The van der Waals surface area contributed by atoms with Gasteiger partial charge in [-0.2, -0.15) is 0 Å². The van der Waals surface area contributed by atoms with Crippen LogP contribution < -0.4 is 15.4 Å². The van der Waals surface area contributed by atoms with Gasteiger partial charge in [-0.1, -0.05) is 6.07 Å². The van der Waals surface area contributed by atoms with Crippen molar-refractivity contribution < 1.29 is 9.53 Å². The molecule has 0 saturated carbocycles. The highest BCUT2D eigenvalue weighted by Gasteiger charge is 2.36. The number of ether oxygens (including phenoxy) is 1. The maximum Gasteiger partial charge on any atom is 0.238 e. The second-order valence-corrected chi connectivity index (χ2v) is 5.65. The van der Waals surface area contributed by atoms with Crippen molar-refractivity contribution in [2.75, 3.05) is 45.2 Å². The first-order valence-corrected chi connectivity index (χ1v) is 7.11. The van der Waals surface area contributed by atoms with Gasteiger partial charge < -0.3 is 15.4 Å². The zero-order chi connectivity index (χ0) is 13.9. The van der Waals surface area contributed by atoms with Gasteiger partial charge in [0.15, 0.2) is 0 Å². The van der Waals surface area contributed by atoms with Gasteiger partial charge in [0.2, 0.25) is 5.91 Å². The fourth-order valence-electron chi connectivity index (χ4n) is 3.19. The standard InChI is InChI=1S/C15H21N3O2/c1-20-14-4-2-3-13(5-14)17-15(19)10-18-8-11-6-16-7-12(11)9-18/h2-5,11-12,16H,6-10H2,1H3,(H,17,19). The third-order valence-electron chi connectivity index (χ3n) is 4.19. The van der Waals surface area contributed by atoms with Crippen LogP contribution in [-0.4, -0.2) is 50.6 Å². The molecule has 0 bridgehead atoms. The number of nitrogens with one attached hydrogen (secondary N) is 2. The molecule has 2 aliphatic rings. The first kappa shape index (κ1) is 13.4. The Morgan fingerprint density at radius 3 is 2.85 bits per heavy atom. The molecule has 2 N–H and O–H groups in total. The lowest BCUT2D eigenvalue weighted by atomic mass is 10.0. The first-order valence-electron chi connectivity index (χ1n) is 7.11. The number of fused-ring (bicyclic) bond motifs is 1. The molecule has 2 fully saturated rings. The number of methoxy groups -OCH3 is 1. The van der Waals surface area contributed by atoms with Crippen molar-refractivity contribution in [2.45, 2.75) is 0 Å². The van der Waals surface area contributed by atoms with E-state index in [1.807, 2.05) is 24.3 Å². The van der Waals surface area contributed by atoms with Gasteiger partial charge >= 0.3 is 0 Å². The molecule has 1 aromatic rings. The number of hydrogen-bond acceptors (Lipinski definition) is 4. The molecular formula is C15H21N3O2. The normalized spacial score (nSPS) is 25.4. The second kappa shape index (κ2) is 5.81. The smallest absolute Gasteiger partial charge is 0.238 e. The molecule has 1 amide bonds. The summed E-state index contributed by atoms with van der Waals surface area (Å²) in [6, 6.07) is 7.45. The van der Waals surface area contributed by atoms with E-state index in [9.17, 15) is 4.79 Å². The van der Waals surface area contributed by atoms with E-state index in [2.05, 4.69) is 15.5 Å². The van der Waals surface area contributed by atoms with Crippen molar-refractivity contribution in [2.24, 2.45) is 11.8 Å². The highest BCUT2D eigenvalue weighted by Crippen LogP contribution is 2.26. The minimum atomic E-state index is 0.0474. The van der Waals surface area contributed by atoms with E-state index < -0.39 is 0 Å². The lowest BCUT2D eigenvalue weighted by molar-refractivity contribution is -0.117. The Hall–Kier alpha value is -1.59. The van der Waals surface area contributed by atoms with E-state index in [1.165, 1.54) is 0 Å². The molecule has 0 aliphatic carbocycles. The summed E-state index contributed by atoms with van der Waals surface area (Å²) in [6.07, 6.45) is 0. The van der Waals surface area contributed by atoms with E-state index in [-0.39, 0.29) is 5.91 Å². The minimum absolute atomic E-state index is 0.0474. The average Bonchev–Trinajstić information content (AvgIpc) is 2.99. The average molecular weight is 275 g/mol. The summed E-state index contributed by atoms with van der Waals surface area (Å²) in [5.74, 6) is 2.25. The summed E-state index contributed by atoms with van der Waals surface area (Å²) in [5, 5.41) is 6.34. The highest BCUT2D eigenvalue weighted by molar-refractivity contribution is 5.92. The van der Waals surface area contributed by atoms with Crippen molar-refractivity contribution in [1.29, 1.82) is 0 Å². The van der Waals surface area contributed by atoms with Crippen LogP contribution in [-0.2, 0) is 4.79 Å². The summed E-state index contributed by atoms with van der Waals surface area (Å²) < 4.78 is 5.15. The van der Waals surface area contributed by atoms with Crippen LogP contribution in [0.15, 0.2) is 24.3 Å². The van der Waals surface area contributed by atoms with Gasteiger partial charge in [0.05, 0.1) is 13.7 Å². The van der Waals surface area contributed by atoms with E-state index in [1.54, 1.807) is 7.11 Å². The molecule has 5 heteroatoms. The maximum atomic E-state index is 12.1. The Morgan fingerprint density at radius 2 is 2.15 bits per heavy atom. The lowest BCUT2D eigenvalue weighted by Gasteiger charge is -2.16. The third kappa shape index (κ3) is 2.94. The summed E-state index contributed by atoms with van der Waals surface area (Å²) in [4.78, 5) is 14.3. The maximum absolute atomic E-state index is 12.1. The Bertz CT molecular complexity index is 480. The molecule has 2 unspecified atom stereocenters. The van der Waals surface area contributed by atoms with Crippen LogP contribution in [0.25, 0.3) is 0 Å². The zero-order valence-corrected chi connectivity index (χ0v) is 11.8. The molecule has 2 saturated heterocycles. The number of hydrogen-bond donors (Lipinski definition) is 2. The molecule has 0 spiro atoms. The van der Waals surface area contributed by atoms with Gasteiger partial charge in [-0.25, -0.2) is 0 Å². The SMILES string of the molecule is COc1cccc(NC(=O)CN2CC3CNCC3C2)c1.